The Hall–Kier alpha value is -1.13. The Morgan fingerprint density at radius 2 is 2.31 bits per heavy atom. The van der Waals surface area contributed by atoms with Gasteiger partial charge < -0.3 is 4.74 Å². The number of halogens is 1. The van der Waals surface area contributed by atoms with Gasteiger partial charge >= 0.3 is 0 Å². The van der Waals surface area contributed by atoms with Gasteiger partial charge in [0.25, 0.3) is 0 Å². The Labute approximate surface area is 94.8 Å². The number of hydrazine groups is 1. The summed E-state index contributed by atoms with van der Waals surface area (Å²) < 4.78 is 18.7. The van der Waals surface area contributed by atoms with Crippen molar-refractivity contribution in [1.29, 1.82) is 0 Å². The molecule has 0 bridgehead atoms. The summed E-state index contributed by atoms with van der Waals surface area (Å²) in [4.78, 5) is 0. The molecule has 16 heavy (non-hydrogen) atoms. The first-order valence-corrected chi connectivity index (χ1v) is 5.54. The van der Waals surface area contributed by atoms with E-state index in [9.17, 15) is 4.39 Å². The third kappa shape index (κ3) is 2.51. The summed E-state index contributed by atoms with van der Waals surface area (Å²) in [6.07, 6.45) is 3.37. The number of methoxy groups -OCH3 is 1. The van der Waals surface area contributed by atoms with Crippen molar-refractivity contribution in [2.24, 2.45) is 11.8 Å². The van der Waals surface area contributed by atoms with Crippen LogP contribution in [0.15, 0.2) is 18.2 Å². The number of hydrogen-bond donors (Lipinski definition) is 2. The first-order chi connectivity index (χ1) is 7.74. The summed E-state index contributed by atoms with van der Waals surface area (Å²) in [6.45, 7) is 0. The first kappa shape index (κ1) is 11.4. The van der Waals surface area contributed by atoms with Crippen LogP contribution >= 0.6 is 0 Å². The van der Waals surface area contributed by atoms with E-state index < -0.39 is 0 Å². The highest BCUT2D eigenvalue weighted by Crippen LogP contribution is 2.38. The number of rotatable bonds is 5. The van der Waals surface area contributed by atoms with Crippen LogP contribution in [0.2, 0.25) is 0 Å². The zero-order valence-corrected chi connectivity index (χ0v) is 9.37. The summed E-state index contributed by atoms with van der Waals surface area (Å²) in [7, 11) is 1.53. The van der Waals surface area contributed by atoms with Crippen LogP contribution in [-0.2, 0) is 0 Å². The van der Waals surface area contributed by atoms with E-state index in [1.54, 1.807) is 12.1 Å². The highest BCUT2D eigenvalue weighted by Gasteiger charge is 2.27. The Morgan fingerprint density at radius 1 is 1.56 bits per heavy atom. The molecule has 0 saturated heterocycles. The van der Waals surface area contributed by atoms with Crippen molar-refractivity contribution in [3.8, 4) is 5.75 Å². The lowest BCUT2D eigenvalue weighted by Gasteiger charge is -2.17. The average molecular weight is 224 g/mol. The lowest BCUT2D eigenvalue weighted by molar-refractivity contribution is 0.407. The van der Waals surface area contributed by atoms with E-state index in [4.69, 9.17) is 10.6 Å². The van der Waals surface area contributed by atoms with Gasteiger partial charge in [-0.2, -0.15) is 0 Å². The molecule has 1 saturated carbocycles. The topological polar surface area (TPSA) is 47.3 Å². The van der Waals surface area contributed by atoms with Crippen LogP contribution in [0.25, 0.3) is 0 Å². The lowest BCUT2D eigenvalue weighted by atomic mass is 10.0. The van der Waals surface area contributed by atoms with Gasteiger partial charge in [-0.15, -0.1) is 0 Å². The van der Waals surface area contributed by atoms with E-state index in [0.29, 0.717) is 17.2 Å². The largest absolute Gasteiger partial charge is 0.497 e. The van der Waals surface area contributed by atoms with Gasteiger partial charge in [0.05, 0.1) is 7.11 Å². The number of nitrogens with one attached hydrogen (secondary N) is 1. The number of hydrogen-bond acceptors (Lipinski definition) is 3. The second kappa shape index (κ2) is 4.80. The second-order valence-electron chi connectivity index (χ2n) is 4.29. The standard InChI is InChI=1S/C12H17FN2O/c1-16-9-4-5-10(11(13)7-9)12(15-14)6-8-2-3-8/h4-5,7-8,12,15H,2-3,6,14H2,1H3. The number of nitrogens with two attached hydrogens (primary N) is 1. The van der Waals surface area contributed by atoms with Gasteiger partial charge in [-0.05, 0) is 18.4 Å². The van der Waals surface area contributed by atoms with Gasteiger partial charge in [0, 0.05) is 17.7 Å². The molecule has 1 aliphatic carbocycles. The summed E-state index contributed by atoms with van der Waals surface area (Å²) in [5, 5.41) is 0. The van der Waals surface area contributed by atoms with E-state index in [1.807, 2.05) is 0 Å². The van der Waals surface area contributed by atoms with Crippen LogP contribution in [0, 0.1) is 11.7 Å². The molecule has 0 radical (unpaired) electrons. The Bertz CT molecular complexity index is 366. The van der Waals surface area contributed by atoms with Gasteiger partial charge in [0.1, 0.15) is 11.6 Å². The van der Waals surface area contributed by atoms with Crippen molar-refractivity contribution in [3.63, 3.8) is 0 Å². The van der Waals surface area contributed by atoms with Crippen LogP contribution in [0.5, 0.6) is 5.75 Å². The van der Waals surface area contributed by atoms with Crippen molar-refractivity contribution < 1.29 is 9.13 Å². The van der Waals surface area contributed by atoms with E-state index in [-0.39, 0.29) is 11.9 Å². The summed E-state index contributed by atoms with van der Waals surface area (Å²) >= 11 is 0. The molecule has 0 heterocycles. The van der Waals surface area contributed by atoms with Crippen molar-refractivity contribution in [2.75, 3.05) is 7.11 Å². The molecule has 0 amide bonds. The maximum atomic E-state index is 13.8. The highest BCUT2D eigenvalue weighted by molar-refractivity contribution is 5.30. The van der Waals surface area contributed by atoms with E-state index in [2.05, 4.69) is 5.43 Å². The molecular formula is C12H17FN2O. The van der Waals surface area contributed by atoms with Crippen molar-refractivity contribution in [1.82, 2.24) is 5.43 Å². The van der Waals surface area contributed by atoms with Gasteiger partial charge in [0.2, 0.25) is 0 Å². The molecule has 3 nitrogen and oxygen atoms in total. The van der Waals surface area contributed by atoms with Gasteiger partial charge in [-0.25, -0.2) is 4.39 Å². The fraction of sp³-hybridized carbons (Fsp3) is 0.500. The van der Waals surface area contributed by atoms with Crippen LogP contribution in [0.1, 0.15) is 30.9 Å². The smallest absolute Gasteiger partial charge is 0.131 e. The summed E-state index contributed by atoms with van der Waals surface area (Å²) in [5.41, 5.74) is 3.31. The number of ether oxygens (including phenoxy) is 1. The SMILES string of the molecule is COc1ccc(C(CC2CC2)NN)c(F)c1. The molecule has 1 aliphatic rings. The highest BCUT2D eigenvalue weighted by atomic mass is 19.1. The molecule has 4 heteroatoms. The fourth-order valence-corrected chi connectivity index (χ4v) is 1.89. The van der Waals surface area contributed by atoms with Crippen molar-refractivity contribution in [2.45, 2.75) is 25.3 Å². The number of benzene rings is 1. The van der Waals surface area contributed by atoms with Crippen LogP contribution < -0.4 is 16.0 Å². The molecule has 1 fully saturated rings. The van der Waals surface area contributed by atoms with Crippen LogP contribution in [-0.4, -0.2) is 7.11 Å². The van der Waals surface area contributed by atoms with Crippen molar-refractivity contribution >= 4 is 0 Å². The minimum Gasteiger partial charge on any atom is -0.497 e. The minimum atomic E-state index is -0.261. The average Bonchev–Trinajstić information content (AvgIpc) is 3.10. The molecule has 1 atom stereocenters. The maximum absolute atomic E-state index is 13.8. The van der Waals surface area contributed by atoms with Gasteiger partial charge in [0.15, 0.2) is 0 Å². The molecule has 1 unspecified atom stereocenters. The first-order valence-electron chi connectivity index (χ1n) is 5.54. The maximum Gasteiger partial charge on any atom is 0.131 e. The molecule has 2 rings (SSSR count). The van der Waals surface area contributed by atoms with Crippen LogP contribution in [0.3, 0.4) is 0 Å². The normalized spacial score (nSPS) is 17.2. The Kier molecular flexibility index (Phi) is 3.41. The van der Waals surface area contributed by atoms with E-state index >= 15 is 0 Å². The minimum absolute atomic E-state index is 0.0987. The van der Waals surface area contributed by atoms with Crippen LogP contribution in [0.4, 0.5) is 4.39 Å². The monoisotopic (exact) mass is 224 g/mol. The molecule has 1 aromatic rings. The molecule has 0 aromatic heterocycles. The molecule has 88 valence electrons. The molecule has 0 aliphatic heterocycles. The third-order valence-corrected chi connectivity index (χ3v) is 3.05. The Morgan fingerprint density at radius 3 is 2.81 bits per heavy atom. The lowest BCUT2D eigenvalue weighted by Crippen LogP contribution is -2.29. The summed E-state index contributed by atoms with van der Waals surface area (Å²) in [5.74, 6) is 6.44. The third-order valence-electron chi connectivity index (χ3n) is 3.05. The van der Waals surface area contributed by atoms with E-state index in [0.717, 1.165) is 6.42 Å². The second-order valence-corrected chi connectivity index (χ2v) is 4.29. The molecule has 3 N–H and O–H groups in total. The van der Waals surface area contributed by atoms with Gasteiger partial charge in [-0.3, -0.25) is 11.3 Å². The fourth-order valence-electron chi connectivity index (χ4n) is 1.89. The molecular weight excluding hydrogens is 207 g/mol. The zero-order chi connectivity index (χ0) is 11.5. The quantitative estimate of drug-likeness (QED) is 0.595. The molecule has 1 aromatic carbocycles. The van der Waals surface area contributed by atoms with Crippen molar-refractivity contribution in [3.05, 3.63) is 29.6 Å². The predicted molar refractivity (Wildman–Crippen MR) is 60.4 cm³/mol. The van der Waals surface area contributed by atoms with E-state index in [1.165, 1.54) is 26.0 Å². The summed E-state index contributed by atoms with van der Waals surface area (Å²) in [6, 6.07) is 4.79. The van der Waals surface area contributed by atoms with Gasteiger partial charge in [-0.1, -0.05) is 18.9 Å². The zero-order valence-electron chi connectivity index (χ0n) is 9.37. The predicted octanol–water partition coefficient (Wildman–Crippen LogP) is 2.14. The Balaban J connectivity index is 2.15. The molecule has 0 spiro atoms.